The Hall–Kier alpha value is -6.17. The Morgan fingerprint density at radius 2 is 0.886 bits per heavy atom. The highest BCUT2D eigenvalue weighted by Gasteiger charge is 2.46. The summed E-state index contributed by atoms with van der Waals surface area (Å²) in [7, 11) is 9.93. The molecule has 24 nitrogen and oxygen atoms in total. The second kappa shape index (κ2) is 36.5. The topological polar surface area (TPSA) is 305 Å². The van der Waals surface area contributed by atoms with Crippen LogP contribution in [0, 0.1) is 41.4 Å². The molecule has 0 aromatic rings. The van der Waals surface area contributed by atoms with E-state index in [4.69, 9.17) is 5.73 Å². The predicted octanol–water partition coefficient (Wildman–Crippen LogP) is 2.99. The smallest absolute Gasteiger partial charge is 0.246 e. The zero-order chi connectivity index (χ0) is 68.3. The number of nitrogens with one attached hydrogen (secondary N) is 4. The molecule has 1 rings (SSSR count). The number of carbonyl (C=O) groups is 11. The fourth-order valence-electron chi connectivity index (χ4n) is 11.4. The highest BCUT2D eigenvalue weighted by atomic mass is 16.3. The SMILES string of the molecule is CC=CC[C@@H](C)[C@@H](O)[C@H]1C(=O)N[C@@H](CC)C(=O)N(C)[C@H](CCN)C(=O)N(C)[C@@H](C(C)CC)C(=O)N[C@@H](C(C)C)C(=O)N(C)[C@@H](CC(C)C)C(=O)N[C@@H](C)C(=O)N[C@H](C)C(=O)N(C)[C@@H](CC(C)C)C(=O)N(C)[C@@H](CC(C)C)C(=O)N(C)[C@@H](C(C)C)C(=O)N1C. The second-order valence-electron chi connectivity index (χ2n) is 26.6. The minimum Gasteiger partial charge on any atom is -0.390 e. The predicted molar refractivity (Wildman–Crippen MR) is 341 cm³/mol. The van der Waals surface area contributed by atoms with E-state index in [0.29, 0.717) is 12.8 Å². The van der Waals surface area contributed by atoms with Gasteiger partial charge in [0.1, 0.15) is 66.5 Å². The van der Waals surface area contributed by atoms with Gasteiger partial charge < -0.3 is 66.4 Å². The standard InChI is InChI=1S/C64H116N12O12/c1-25-28-29-41(15)53(77)52-57(81)68-44(27-3)59(83)70(18)45(30-31-65)60(84)75(23)51(40(14)26-2)56(80)69-49(38(10)11)63(87)71(19)46(32-35(4)5)55(79)66-42(16)54(78)67-43(17)58(82)72(20)47(33-36(6)7)61(85)73(21)48(34-37(8)9)62(86)74(22)50(39(12)13)64(88)76(52)24/h25,28,35-53,77H,26-27,29-34,65H2,1-24H3,(H,66,79)(H,67,78)(H,68,81)(H,69,80)/t40?,41-,42+,43-,44+,45-,46+,47+,48+,49+,50+,51+,52+,53-/m1/s1. The van der Waals surface area contributed by atoms with Gasteiger partial charge in [-0.3, -0.25) is 52.7 Å². The van der Waals surface area contributed by atoms with Gasteiger partial charge in [0.05, 0.1) is 6.10 Å². The number of amides is 11. The Bertz CT molecular complexity index is 2400. The van der Waals surface area contributed by atoms with Gasteiger partial charge in [0.15, 0.2) is 0 Å². The van der Waals surface area contributed by atoms with E-state index in [2.05, 4.69) is 21.3 Å². The van der Waals surface area contributed by atoms with Crippen LogP contribution in [0.5, 0.6) is 0 Å². The lowest BCUT2D eigenvalue weighted by molar-refractivity contribution is -0.157. The lowest BCUT2D eigenvalue weighted by Gasteiger charge is -2.41. The fraction of sp³-hybridized carbons (Fsp3) is 0.797. The molecular weight excluding hydrogens is 1130 g/mol. The molecule has 504 valence electrons. The summed E-state index contributed by atoms with van der Waals surface area (Å²) in [5.74, 6) is -10.3. The number of likely N-dealkylation sites (N-methyl/N-ethyl adjacent to an activating group) is 7. The van der Waals surface area contributed by atoms with Crippen LogP contribution in [-0.4, -0.2) is 233 Å². The van der Waals surface area contributed by atoms with Crippen LogP contribution in [0.15, 0.2) is 12.2 Å². The molecule has 1 fully saturated rings. The average molecular weight is 1250 g/mol. The van der Waals surface area contributed by atoms with Crippen LogP contribution in [0.1, 0.15) is 163 Å². The van der Waals surface area contributed by atoms with Crippen molar-refractivity contribution in [3.63, 3.8) is 0 Å². The van der Waals surface area contributed by atoms with Crippen LogP contribution in [-0.2, 0) is 52.7 Å². The first-order valence-corrected chi connectivity index (χ1v) is 31.8. The van der Waals surface area contributed by atoms with Crippen molar-refractivity contribution < 1.29 is 57.8 Å². The van der Waals surface area contributed by atoms with Gasteiger partial charge in [-0.25, -0.2) is 0 Å². The molecule has 0 spiro atoms. The lowest BCUT2D eigenvalue weighted by Crippen LogP contribution is -2.64. The molecule has 0 aromatic heterocycles. The molecule has 7 N–H and O–H groups in total. The van der Waals surface area contributed by atoms with Crippen molar-refractivity contribution in [1.29, 1.82) is 0 Å². The summed E-state index contributed by atoms with van der Waals surface area (Å²) in [6.45, 7) is 29.6. The van der Waals surface area contributed by atoms with Gasteiger partial charge in [0, 0.05) is 49.3 Å². The van der Waals surface area contributed by atoms with Crippen LogP contribution in [0.25, 0.3) is 0 Å². The highest BCUT2D eigenvalue weighted by Crippen LogP contribution is 2.26. The summed E-state index contributed by atoms with van der Waals surface area (Å²) < 4.78 is 0. The van der Waals surface area contributed by atoms with Gasteiger partial charge in [0.25, 0.3) is 0 Å². The maximum absolute atomic E-state index is 15.2. The summed E-state index contributed by atoms with van der Waals surface area (Å²) in [6, 6.07) is -13.9. The zero-order valence-electron chi connectivity index (χ0n) is 57.9. The third-order valence-corrected chi connectivity index (χ3v) is 17.2. The van der Waals surface area contributed by atoms with E-state index in [1.54, 1.807) is 67.5 Å². The number of hydrogen-bond donors (Lipinski definition) is 6. The van der Waals surface area contributed by atoms with Gasteiger partial charge in [-0.1, -0.05) is 116 Å². The Morgan fingerprint density at radius 1 is 0.466 bits per heavy atom. The number of aliphatic hydroxyl groups is 1. The van der Waals surface area contributed by atoms with E-state index in [9.17, 15) is 48.3 Å². The van der Waals surface area contributed by atoms with Crippen molar-refractivity contribution >= 4 is 65.0 Å². The molecule has 1 aliphatic heterocycles. The van der Waals surface area contributed by atoms with Crippen molar-refractivity contribution in [1.82, 2.24) is 55.6 Å². The summed E-state index contributed by atoms with van der Waals surface area (Å²) >= 11 is 0. The number of allylic oxidation sites excluding steroid dienone is 2. The Kier molecular flexibility index (Phi) is 33.1. The van der Waals surface area contributed by atoms with E-state index in [-0.39, 0.29) is 56.4 Å². The number of carbonyl (C=O) groups excluding carboxylic acids is 11. The molecule has 1 aliphatic rings. The number of rotatable bonds is 17. The first kappa shape index (κ1) is 79.8. The summed E-state index contributed by atoms with van der Waals surface area (Å²) in [5.41, 5.74) is 6.13. The molecule has 0 saturated carbocycles. The minimum atomic E-state index is -1.64. The van der Waals surface area contributed by atoms with Crippen LogP contribution in [0.3, 0.4) is 0 Å². The second-order valence-corrected chi connectivity index (χ2v) is 26.6. The molecular formula is C64H116N12O12. The molecule has 1 unspecified atom stereocenters. The molecule has 24 heteroatoms. The molecule has 14 atom stereocenters. The average Bonchev–Trinajstić information content (AvgIpc) is 1.39. The van der Waals surface area contributed by atoms with Gasteiger partial charge in [0.2, 0.25) is 65.0 Å². The molecule has 11 amide bonds. The monoisotopic (exact) mass is 1240 g/mol. The van der Waals surface area contributed by atoms with Crippen molar-refractivity contribution in [3.05, 3.63) is 12.2 Å². The molecule has 0 bridgehead atoms. The Morgan fingerprint density at radius 3 is 1.34 bits per heavy atom. The maximum Gasteiger partial charge on any atom is 0.246 e. The Labute approximate surface area is 526 Å². The van der Waals surface area contributed by atoms with Crippen LogP contribution in [0.2, 0.25) is 0 Å². The van der Waals surface area contributed by atoms with E-state index in [0.717, 1.165) is 9.80 Å². The normalized spacial score (nSPS) is 27.6. The fourth-order valence-corrected chi connectivity index (χ4v) is 11.4. The van der Waals surface area contributed by atoms with Gasteiger partial charge >= 0.3 is 0 Å². The first-order chi connectivity index (χ1) is 40.7. The molecule has 0 aliphatic carbocycles. The summed E-state index contributed by atoms with van der Waals surface area (Å²) in [4.78, 5) is 171. The molecule has 0 radical (unpaired) electrons. The number of aliphatic hydroxyl groups excluding tert-OH is 1. The minimum absolute atomic E-state index is 0.0100. The van der Waals surface area contributed by atoms with Crippen molar-refractivity contribution in [2.75, 3.05) is 55.9 Å². The van der Waals surface area contributed by atoms with E-state index >= 15 is 9.59 Å². The molecule has 0 aromatic carbocycles. The molecule has 1 heterocycles. The quantitative estimate of drug-likeness (QED) is 0.114. The van der Waals surface area contributed by atoms with Crippen LogP contribution in [0.4, 0.5) is 0 Å². The third kappa shape index (κ3) is 21.2. The van der Waals surface area contributed by atoms with E-state index < -0.39 is 161 Å². The van der Waals surface area contributed by atoms with Crippen LogP contribution >= 0.6 is 0 Å². The van der Waals surface area contributed by atoms with Crippen molar-refractivity contribution in [2.24, 2.45) is 47.2 Å². The van der Waals surface area contributed by atoms with Crippen molar-refractivity contribution in [3.8, 4) is 0 Å². The maximum atomic E-state index is 15.2. The number of hydrogen-bond acceptors (Lipinski definition) is 13. The molecule has 88 heavy (non-hydrogen) atoms. The van der Waals surface area contributed by atoms with E-state index in [1.165, 1.54) is 87.7 Å². The largest absolute Gasteiger partial charge is 0.390 e. The molecule has 1 saturated heterocycles. The summed E-state index contributed by atoms with van der Waals surface area (Å²) in [6.07, 6.45) is 3.12. The summed E-state index contributed by atoms with van der Waals surface area (Å²) in [5, 5.41) is 23.2. The lowest BCUT2D eigenvalue weighted by atomic mass is 9.91. The highest BCUT2D eigenvalue weighted by molar-refractivity contribution is 6.00. The van der Waals surface area contributed by atoms with Crippen molar-refractivity contribution in [2.45, 2.75) is 235 Å². The first-order valence-electron chi connectivity index (χ1n) is 31.8. The van der Waals surface area contributed by atoms with Gasteiger partial charge in [-0.2, -0.15) is 0 Å². The zero-order valence-corrected chi connectivity index (χ0v) is 57.9. The van der Waals surface area contributed by atoms with Gasteiger partial charge in [-0.15, -0.1) is 0 Å². The number of nitrogens with zero attached hydrogens (tertiary/aromatic N) is 7. The third-order valence-electron chi connectivity index (χ3n) is 17.2. The van der Waals surface area contributed by atoms with Gasteiger partial charge in [-0.05, 0) is 107 Å². The van der Waals surface area contributed by atoms with E-state index in [1.807, 2.05) is 48.5 Å². The van der Waals surface area contributed by atoms with Crippen LogP contribution < -0.4 is 27.0 Å². The Balaban J connectivity index is 4.46. The number of nitrogens with two attached hydrogens (primary N) is 1.